The van der Waals surface area contributed by atoms with Gasteiger partial charge in [0.25, 0.3) is 0 Å². The average Bonchev–Trinajstić information content (AvgIpc) is 3.20. The number of carbonyl (C=O) groups is 1. The highest BCUT2D eigenvalue weighted by atomic mass is 32.2. The molecule has 0 bridgehead atoms. The van der Waals surface area contributed by atoms with Gasteiger partial charge in [-0.05, 0) is 6.92 Å². The van der Waals surface area contributed by atoms with Crippen molar-refractivity contribution in [3.05, 3.63) is 16.0 Å². The molecule has 0 atom stereocenters. The predicted octanol–water partition coefficient (Wildman–Crippen LogP) is 1.64. The average molecular weight is 409 g/mol. The molecule has 144 valence electrons. The van der Waals surface area contributed by atoms with Gasteiger partial charge in [0, 0.05) is 31.5 Å². The number of aromatic nitrogens is 3. The fraction of sp³-hybridized carbons (Fsp3) is 0.500. The summed E-state index contributed by atoms with van der Waals surface area (Å²) in [6, 6.07) is 2.09. The van der Waals surface area contributed by atoms with Crippen LogP contribution in [0.5, 0.6) is 0 Å². The molecule has 0 saturated carbocycles. The number of nitrogen functional groups attached to an aromatic ring is 1. The fourth-order valence-electron chi connectivity index (χ4n) is 2.71. The minimum absolute atomic E-state index is 0.261. The molecule has 0 unspecified atom stereocenters. The second-order valence-corrected chi connectivity index (χ2v) is 7.71. The minimum Gasteiger partial charge on any atom is -0.462 e. The molecule has 2 aromatic rings. The third-order valence-electron chi connectivity index (χ3n) is 4.06. The maximum atomic E-state index is 12.2. The molecule has 2 aromatic heterocycles. The van der Waals surface area contributed by atoms with Crippen molar-refractivity contribution in [1.82, 2.24) is 14.8 Å². The number of esters is 1. The van der Waals surface area contributed by atoms with Gasteiger partial charge in [-0.2, -0.15) is 5.26 Å². The lowest BCUT2D eigenvalue weighted by atomic mass is 10.2. The smallest absolute Gasteiger partial charge is 0.348 e. The van der Waals surface area contributed by atoms with E-state index in [9.17, 15) is 10.1 Å². The lowest BCUT2D eigenvalue weighted by Gasteiger charge is -2.27. The van der Waals surface area contributed by atoms with Crippen LogP contribution < -0.4 is 10.6 Å². The topological polar surface area (TPSA) is 119 Å². The molecule has 0 spiro atoms. The summed E-state index contributed by atoms with van der Waals surface area (Å²) in [6.45, 7) is 4.86. The Balaban J connectivity index is 1.80. The first-order chi connectivity index (χ1) is 13.1. The molecule has 0 aromatic carbocycles. The normalized spacial score (nSPS) is 14.2. The van der Waals surface area contributed by atoms with Gasteiger partial charge >= 0.3 is 5.97 Å². The summed E-state index contributed by atoms with van der Waals surface area (Å²) in [5, 5.41) is 18.9. The quantitative estimate of drug-likeness (QED) is 0.562. The lowest BCUT2D eigenvalue weighted by molar-refractivity contribution is 0.0531. The van der Waals surface area contributed by atoms with Gasteiger partial charge in [-0.15, -0.1) is 21.5 Å². The van der Waals surface area contributed by atoms with E-state index in [2.05, 4.69) is 21.2 Å². The van der Waals surface area contributed by atoms with Gasteiger partial charge in [0.2, 0.25) is 5.95 Å². The zero-order valence-corrected chi connectivity index (χ0v) is 16.7. The first-order valence-corrected chi connectivity index (χ1v) is 10.2. The Hall–Kier alpha value is -2.29. The Morgan fingerprint density at radius 2 is 2.19 bits per heavy atom. The number of nitriles is 1. The number of morpholine rings is 1. The fourth-order valence-corrected chi connectivity index (χ4v) is 4.67. The molecule has 1 aliphatic heterocycles. The highest BCUT2D eigenvalue weighted by molar-refractivity contribution is 7.98. The maximum Gasteiger partial charge on any atom is 0.348 e. The Morgan fingerprint density at radius 1 is 1.44 bits per heavy atom. The molecule has 0 amide bonds. The van der Waals surface area contributed by atoms with Crippen LogP contribution in [0.4, 0.5) is 10.9 Å². The van der Waals surface area contributed by atoms with Crippen molar-refractivity contribution < 1.29 is 14.3 Å². The number of ether oxygens (including phenoxy) is 2. The van der Waals surface area contributed by atoms with Crippen molar-refractivity contribution in [2.24, 2.45) is 7.05 Å². The molecule has 1 saturated heterocycles. The van der Waals surface area contributed by atoms with E-state index >= 15 is 0 Å². The van der Waals surface area contributed by atoms with Crippen LogP contribution in [0, 0.1) is 11.3 Å². The molecule has 1 fully saturated rings. The van der Waals surface area contributed by atoms with Crippen LogP contribution in [0.2, 0.25) is 0 Å². The molecule has 3 rings (SSSR count). The van der Waals surface area contributed by atoms with Crippen molar-refractivity contribution in [2.75, 3.05) is 43.5 Å². The van der Waals surface area contributed by atoms with E-state index in [-0.39, 0.29) is 6.61 Å². The van der Waals surface area contributed by atoms with Gasteiger partial charge in [0.1, 0.15) is 15.9 Å². The Morgan fingerprint density at radius 3 is 2.85 bits per heavy atom. The van der Waals surface area contributed by atoms with Crippen LogP contribution in [0.25, 0.3) is 0 Å². The Labute approximate surface area is 165 Å². The highest BCUT2D eigenvalue weighted by Crippen LogP contribution is 2.35. The maximum absolute atomic E-state index is 12.2. The molecule has 9 nitrogen and oxygen atoms in total. The Bertz CT molecular complexity index is 866. The van der Waals surface area contributed by atoms with Gasteiger partial charge in [-0.3, -0.25) is 4.57 Å². The number of nitrogens with zero attached hydrogens (tertiary/aromatic N) is 5. The van der Waals surface area contributed by atoms with Gasteiger partial charge < -0.3 is 20.1 Å². The van der Waals surface area contributed by atoms with Crippen molar-refractivity contribution >= 4 is 40.0 Å². The molecule has 2 N–H and O–H groups in total. The number of rotatable bonds is 6. The standard InChI is InChI=1S/C16H20N6O3S2/c1-3-25-14(23)12-11(10(8-17)13(18)27-12)9-26-16-20-19-15(21(16)2)22-4-6-24-7-5-22/h3-7,9,18H2,1-2H3. The minimum atomic E-state index is -0.460. The second-order valence-electron chi connectivity index (χ2n) is 5.71. The largest absolute Gasteiger partial charge is 0.462 e. The van der Waals surface area contributed by atoms with E-state index in [4.69, 9.17) is 15.2 Å². The molecule has 11 heteroatoms. The number of hydrogen-bond acceptors (Lipinski definition) is 10. The van der Waals surface area contributed by atoms with Crippen LogP contribution in [0.1, 0.15) is 27.7 Å². The van der Waals surface area contributed by atoms with Crippen LogP contribution in [-0.2, 0) is 22.3 Å². The van der Waals surface area contributed by atoms with E-state index in [1.165, 1.54) is 11.8 Å². The third kappa shape index (κ3) is 4.02. The molecule has 0 aliphatic carbocycles. The molecule has 1 aliphatic rings. The number of hydrogen-bond donors (Lipinski definition) is 1. The molecular weight excluding hydrogens is 388 g/mol. The van der Waals surface area contributed by atoms with Gasteiger partial charge in [0.05, 0.1) is 25.4 Å². The molecule has 0 radical (unpaired) electrons. The summed E-state index contributed by atoms with van der Waals surface area (Å²) in [5.74, 6) is 0.690. The number of anilines is 2. The van der Waals surface area contributed by atoms with Crippen LogP contribution >= 0.6 is 23.1 Å². The van der Waals surface area contributed by atoms with E-state index in [1.54, 1.807) is 6.92 Å². The van der Waals surface area contributed by atoms with E-state index in [1.807, 2.05) is 11.6 Å². The summed E-state index contributed by atoms with van der Waals surface area (Å²) in [4.78, 5) is 14.7. The van der Waals surface area contributed by atoms with Crippen LogP contribution in [-0.4, -0.2) is 53.6 Å². The molecule has 27 heavy (non-hydrogen) atoms. The zero-order valence-electron chi connectivity index (χ0n) is 15.1. The van der Waals surface area contributed by atoms with E-state index in [0.29, 0.717) is 45.1 Å². The summed E-state index contributed by atoms with van der Waals surface area (Å²) in [5.41, 5.74) is 6.82. The second kappa shape index (κ2) is 8.60. The number of thiophene rings is 1. The highest BCUT2D eigenvalue weighted by Gasteiger charge is 2.24. The van der Waals surface area contributed by atoms with Crippen molar-refractivity contribution in [3.63, 3.8) is 0 Å². The third-order valence-corrected chi connectivity index (χ3v) is 6.15. The monoisotopic (exact) mass is 408 g/mol. The lowest BCUT2D eigenvalue weighted by Crippen LogP contribution is -2.37. The molecule has 3 heterocycles. The van der Waals surface area contributed by atoms with Crippen molar-refractivity contribution in [2.45, 2.75) is 17.8 Å². The number of carbonyl (C=O) groups excluding carboxylic acids is 1. The van der Waals surface area contributed by atoms with Crippen LogP contribution in [0.15, 0.2) is 5.16 Å². The van der Waals surface area contributed by atoms with Gasteiger partial charge in [0.15, 0.2) is 5.16 Å². The SMILES string of the molecule is CCOC(=O)c1sc(N)c(C#N)c1CSc1nnc(N2CCOCC2)n1C. The zero-order chi connectivity index (χ0) is 19.4. The van der Waals surface area contributed by atoms with Gasteiger partial charge in [-0.1, -0.05) is 11.8 Å². The van der Waals surface area contributed by atoms with E-state index < -0.39 is 5.97 Å². The summed E-state index contributed by atoms with van der Waals surface area (Å²) in [6.07, 6.45) is 0. The van der Waals surface area contributed by atoms with E-state index in [0.717, 1.165) is 30.4 Å². The van der Waals surface area contributed by atoms with Crippen molar-refractivity contribution in [1.29, 1.82) is 5.26 Å². The summed E-state index contributed by atoms with van der Waals surface area (Å²) >= 11 is 2.48. The molecular formula is C16H20N6O3S2. The first-order valence-electron chi connectivity index (χ1n) is 8.40. The van der Waals surface area contributed by atoms with Crippen LogP contribution in [0.3, 0.4) is 0 Å². The number of thioether (sulfide) groups is 1. The number of nitrogens with two attached hydrogens (primary N) is 1. The van der Waals surface area contributed by atoms with Gasteiger partial charge in [-0.25, -0.2) is 4.79 Å². The predicted molar refractivity (Wildman–Crippen MR) is 103 cm³/mol. The summed E-state index contributed by atoms with van der Waals surface area (Å²) < 4.78 is 12.4. The van der Waals surface area contributed by atoms with Crippen molar-refractivity contribution in [3.8, 4) is 6.07 Å². The summed E-state index contributed by atoms with van der Waals surface area (Å²) in [7, 11) is 1.90. The Kier molecular flexibility index (Phi) is 6.20. The first kappa shape index (κ1) is 19.5.